The molecule has 0 aliphatic rings. The summed E-state index contributed by atoms with van der Waals surface area (Å²) in [6.45, 7) is 7.22. The predicted molar refractivity (Wildman–Crippen MR) is 103 cm³/mol. The summed E-state index contributed by atoms with van der Waals surface area (Å²) in [5.41, 5.74) is 2.01. The third-order valence-corrected chi connectivity index (χ3v) is 5.57. The van der Waals surface area contributed by atoms with Gasteiger partial charge in [0.05, 0.1) is 17.0 Å². The third-order valence-electron chi connectivity index (χ3n) is 4.39. The maximum absolute atomic E-state index is 12.6. The molecule has 2 heterocycles. The number of hydrogen-bond acceptors (Lipinski definition) is 6. The fraction of sp³-hybridized carbons (Fsp3) is 0.500. The number of carbonyl (C=O) groups excluding carboxylic acids is 1. The molecule has 1 atom stereocenters. The summed E-state index contributed by atoms with van der Waals surface area (Å²) in [6.07, 6.45) is 1.91. The number of rotatable bonds is 7. The first kappa shape index (κ1) is 20.8. The Balaban J connectivity index is 2.38. The van der Waals surface area contributed by atoms with Crippen molar-refractivity contribution in [2.75, 3.05) is 0 Å². The molecule has 2 rings (SSSR count). The summed E-state index contributed by atoms with van der Waals surface area (Å²) in [5.74, 6) is -1.55. The van der Waals surface area contributed by atoms with Gasteiger partial charge in [0.15, 0.2) is 0 Å². The molecule has 2 aromatic rings. The molecule has 2 N–H and O–H groups in total. The van der Waals surface area contributed by atoms with Crippen LogP contribution in [0.5, 0.6) is 0 Å². The molecule has 1 amide bonds. The van der Waals surface area contributed by atoms with Crippen LogP contribution < -0.4 is 10.9 Å². The van der Waals surface area contributed by atoms with Crippen LogP contribution in [0, 0.1) is 20.8 Å². The summed E-state index contributed by atoms with van der Waals surface area (Å²) >= 11 is 1.09. The summed E-state index contributed by atoms with van der Waals surface area (Å²) in [4.78, 5) is 41.2. The minimum Gasteiger partial charge on any atom is -0.480 e. The molecular weight excluding hydrogens is 368 g/mol. The minimum absolute atomic E-state index is 0.287. The molecule has 2 aromatic heterocycles. The summed E-state index contributed by atoms with van der Waals surface area (Å²) in [5, 5.41) is 16.4. The van der Waals surface area contributed by atoms with Gasteiger partial charge in [-0.2, -0.15) is 5.10 Å². The second-order valence-electron chi connectivity index (χ2n) is 6.45. The molecule has 8 nitrogen and oxygen atoms in total. The lowest BCUT2D eigenvalue weighted by Crippen LogP contribution is -2.40. The smallest absolute Gasteiger partial charge is 0.326 e. The second kappa shape index (κ2) is 8.43. The number of thiazole rings is 1. The van der Waals surface area contributed by atoms with Crippen molar-refractivity contribution in [2.24, 2.45) is 7.05 Å². The van der Waals surface area contributed by atoms with E-state index in [-0.39, 0.29) is 5.56 Å². The molecule has 0 aromatic carbocycles. The predicted octanol–water partition coefficient (Wildman–Crippen LogP) is 2.20. The van der Waals surface area contributed by atoms with Gasteiger partial charge in [0.25, 0.3) is 11.5 Å². The van der Waals surface area contributed by atoms with Crippen molar-refractivity contribution < 1.29 is 14.7 Å². The van der Waals surface area contributed by atoms with Gasteiger partial charge in [0, 0.05) is 7.05 Å². The normalized spacial score (nSPS) is 12.0. The van der Waals surface area contributed by atoms with Crippen molar-refractivity contribution in [1.82, 2.24) is 20.1 Å². The van der Waals surface area contributed by atoms with Crippen LogP contribution in [-0.4, -0.2) is 37.8 Å². The van der Waals surface area contributed by atoms with E-state index in [1.807, 2.05) is 6.92 Å². The lowest BCUT2D eigenvalue weighted by Gasteiger charge is -2.13. The van der Waals surface area contributed by atoms with E-state index in [4.69, 9.17) is 0 Å². The first-order valence-electron chi connectivity index (χ1n) is 8.73. The average molecular weight is 392 g/mol. The van der Waals surface area contributed by atoms with E-state index in [1.165, 1.54) is 4.68 Å². The van der Waals surface area contributed by atoms with Crippen molar-refractivity contribution in [3.05, 3.63) is 32.2 Å². The molecule has 0 radical (unpaired) electrons. The number of unbranched alkanes of at least 4 members (excludes halogenated alkanes) is 1. The summed E-state index contributed by atoms with van der Waals surface area (Å²) < 4.78 is 1.25. The molecule has 0 fully saturated rings. The molecule has 0 spiro atoms. The Morgan fingerprint density at radius 2 is 1.93 bits per heavy atom. The monoisotopic (exact) mass is 392 g/mol. The Labute approximate surface area is 161 Å². The van der Waals surface area contributed by atoms with Gasteiger partial charge in [0.2, 0.25) is 0 Å². The zero-order valence-electron chi connectivity index (χ0n) is 16.1. The third kappa shape index (κ3) is 4.41. The standard InChI is InChI=1S/C18H24N4O4S/c1-6-7-8-12(18(25)26)20-15(23)14-11(4)19-16(27-14)13-9(2)10(3)21-22(5)17(13)24/h12H,6-8H2,1-5H3,(H,20,23)(H,25,26)/t12-/m0/s1. The number of amides is 1. The molecule has 0 saturated heterocycles. The average Bonchev–Trinajstić information content (AvgIpc) is 2.98. The SMILES string of the molecule is CCCC[C@H](NC(=O)c1sc(-c2c(C)c(C)nn(C)c2=O)nc1C)C(=O)O. The van der Waals surface area contributed by atoms with Gasteiger partial charge < -0.3 is 10.4 Å². The fourth-order valence-corrected chi connectivity index (χ4v) is 3.77. The van der Waals surface area contributed by atoms with Gasteiger partial charge in [-0.05, 0) is 32.8 Å². The van der Waals surface area contributed by atoms with Gasteiger partial charge in [-0.3, -0.25) is 9.59 Å². The molecule has 0 saturated carbocycles. The van der Waals surface area contributed by atoms with Crippen LogP contribution in [0.4, 0.5) is 0 Å². The highest BCUT2D eigenvalue weighted by Gasteiger charge is 2.25. The maximum Gasteiger partial charge on any atom is 0.326 e. The van der Waals surface area contributed by atoms with Crippen molar-refractivity contribution in [3.63, 3.8) is 0 Å². The van der Waals surface area contributed by atoms with Crippen LogP contribution in [0.2, 0.25) is 0 Å². The number of nitrogens with one attached hydrogen (secondary N) is 1. The number of aliphatic carboxylic acids is 1. The molecular formula is C18H24N4O4S. The zero-order chi connectivity index (χ0) is 20.3. The molecule has 9 heteroatoms. The number of carboxylic acid groups (broad SMARTS) is 1. The number of carboxylic acids is 1. The van der Waals surface area contributed by atoms with E-state index in [0.717, 1.165) is 17.8 Å². The van der Waals surface area contributed by atoms with Gasteiger partial charge >= 0.3 is 5.97 Å². The maximum atomic E-state index is 12.6. The Bertz CT molecular complexity index is 932. The molecule has 0 unspecified atom stereocenters. The first-order chi connectivity index (χ1) is 12.7. The Kier molecular flexibility index (Phi) is 6.48. The van der Waals surface area contributed by atoms with Gasteiger partial charge in [-0.1, -0.05) is 19.8 Å². The van der Waals surface area contributed by atoms with E-state index in [1.54, 1.807) is 27.8 Å². The molecule has 0 aliphatic carbocycles. The Hall–Kier alpha value is -2.55. The van der Waals surface area contributed by atoms with E-state index in [0.29, 0.717) is 45.2 Å². The number of carbonyl (C=O) groups is 2. The van der Waals surface area contributed by atoms with Crippen LogP contribution in [0.25, 0.3) is 10.6 Å². The van der Waals surface area contributed by atoms with Crippen LogP contribution in [0.3, 0.4) is 0 Å². The van der Waals surface area contributed by atoms with Crippen molar-refractivity contribution in [3.8, 4) is 10.6 Å². The summed E-state index contributed by atoms with van der Waals surface area (Å²) in [7, 11) is 1.57. The highest BCUT2D eigenvalue weighted by molar-refractivity contribution is 7.17. The molecule has 0 bridgehead atoms. The van der Waals surface area contributed by atoms with Crippen LogP contribution in [-0.2, 0) is 11.8 Å². The number of hydrogen-bond donors (Lipinski definition) is 2. The molecule has 0 aliphatic heterocycles. The van der Waals surface area contributed by atoms with Crippen molar-refractivity contribution in [1.29, 1.82) is 0 Å². The molecule has 27 heavy (non-hydrogen) atoms. The highest BCUT2D eigenvalue weighted by atomic mass is 32.1. The van der Waals surface area contributed by atoms with Gasteiger partial charge in [-0.15, -0.1) is 11.3 Å². The van der Waals surface area contributed by atoms with Gasteiger partial charge in [0.1, 0.15) is 15.9 Å². The van der Waals surface area contributed by atoms with E-state index >= 15 is 0 Å². The van der Waals surface area contributed by atoms with E-state index in [9.17, 15) is 19.5 Å². The minimum atomic E-state index is -1.06. The van der Waals surface area contributed by atoms with Crippen molar-refractivity contribution in [2.45, 2.75) is 53.0 Å². The van der Waals surface area contributed by atoms with Crippen LogP contribution in [0.1, 0.15) is 52.8 Å². The largest absolute Gasteiger partial charge is 0.480 e. The number of nitrogens with zero attached hydrogens (tertiary/aromatic N) is 3. The van der Waals surface area contributed by atoms with E-state index < -0.39 is 17.9 Å². The topological polar surface area (TPSA) is 114 Å². The second-order valence-corrected chi connectivity index (χ2v) is 7.45. The van der Waals surface area contributed by atoms with E-state index in [2.05, 4.69) is 15.4 Å². The van der Waals surface area contributed by atoms with Crippen molar-refractivity contribution >= 4 is 23.2 Å². The quantitative estimate of drug-likeness (QED) is 0.747. The molecule has 146 valence electrons. The lowest BCUT2D eigenvalue weighted by atomic mass is 10.1. The highest BCUT2D eigenvalue weighted by Crippen LogP contribution is 2.28. The van der Waals surface area contributed by atoms with Crippen LogP contribution >= 0.6 is 11.3 Å². The number of aryl methyl sites for hydroxylation is 3. The Morgan fingerprint density at radius 1 is 1.26 bits per heavy atom. The zero-order valence-corrected chi connectivity index (χ0v) is 16.9. The van der Waals surface area contributed by atoms with Gasteiger partial charge in [-0.25, -0.2) is 14.5 Å². The first-order valence-corrected chi connectivity index (χ1v) is 9.55. The lowest BCUT2D eigenvalue weighted by molar-refractivity contribution is -0.139. The van der Waals surface area contributed by atoms with Crippen LogP contribution in [0.15, 0.2) is 4.79 Å². The number of aromatic nitrogens is 3. The fourth-order valence-electron chi connectivity index (χ4n) is 2.70. The summed E-state index contributed by atoms with van der Waals surface area (Å²) in [6, 6.07) is -0.944. The Morgan fingerprint density at radius 3 is 2.52 bits per heavy atom.